The second kappa shape index (κ2) is 7.25. The highest BCUT2D eigenvalue weighted by atomic mass is 16.3. The predicted molar refractivity (Wildman–Crippen MR) is 110 cm³/mol. The van der Waals surface area contributed by atoms with Crippen molar-refractivity contribution in [2.75, 3.05) is 17.2 Å². The summed E-state index contributed by atoms with van der Waals surface area (Å²) in [4.78, 5) is 8.78. The third-order valence-corrected chi connectivity index (χ3v) is 5.99. The molecule has 0 bridgehead atoms. The molecule has 0 saturated heterocycles. The number of nitrogens with zero attached hydrogens (tertiary/aromatic N) is 3. The van der Waals surface area contributed by atoms with Crippen molar-refractivity contribution in [3.8, 4) is 6.07 Å². The van der Waals surface area contributed by atoms with Gasteiger partial charge in [0, 0.05) is 18.0 Å². The summed E-state index contributed by atoms with van der Waals surface area (Å²) in [6, 6.07) is 10.6. The molecule has 2 atom stereocenters. The number of benzene rings is 1. The van der Waals surface area contributed by atoms with Crippen molar-refractivity contribution in [3.63, 3.8) is 0 Å². The third kappa shape index (κ3) is 3.46. The summed E-state index contributed by atoms with van der Waals surface area (Å²) in [6.07, 6.45) is 6.10. The Labute approximate surface area is 165 Å². The molecule has 1 fully saturated rings. The summed E-state index contributed by atoms with van der Waals surface area (Å²) < 4.78 is 0. The SMILES string of the molecule is CC1(C)[C@@H](O)C[C@H]1Nc1nc(NCCC2=Cc3ccccc3C2)cnc1C#N. The Hall–Kier alpha value is -2.91. The molecule has 0 amide bonds. The van der Waals surface area contributed by atoms with E-state index in [1.54, 1.807) is 6.20 Å². The molecular formula is C22H25N5O. The van der Waals surface area contributed by atoms with E-state index in [1.807, 2.05) is 13.8 Å². The fourth-order valence-electron chi connectivity index (χ4n) is 3.83. The van der Waals surface area contributed by atoms with Crippen LogP contribution in [0.2, 0.25) is 0 Å². The van der Waals surface area contributed by atoms with E-state index in [9.17, 15) is 10.4 Å². The van der Waals surface area contributed by atoms with E-state index in [0.717, 1.165) is 19.4 Å². The monoisotopic (exact) mass is 375 g/mol. The van der Waals surface area contributed by atoms with Gasteiger partial charge in [0.2, 0.25) is 0 Å². The van der Waals surface area contributed by atoms with E-state index in [1.165, 1.54) is 16.7 Å². The quantitative estimate of drug-likeness (QED) is 0.717. The minimum Gasteiger partial charge on any atom is -0.392 e. The highest BCUT2D eigenvalue weighted by Crippen LogP contribution is 2.42. The van der Waals surface area contributed by atoms with Gasteiger partial charge in [-0.05, 0) is 30.4 Å². The fraction of sp³-hybridized carbons (Fsp3) is 0.409. The zero-order valence-corrected chi connectivity index (χ0v) is 16.2. The number of aliphatic hydroxyl groups is 1. The van der Waals surface area contributed by atoms with Gasteiger partial charge in [0.15, 0.2) is 11.5 Å². The van der Waals surface area contributed by atoms with Crippen molar-refractivity contribution in [2.45, 2.75) is 45.3 Å². The van der Waals surface area contributed by atoms with Crippen LogP contribution in [0.25, 0.3) is 6.08 Å². The highest BCUT2D eigenvalue weighted by molar-refractivity contribution is 5.63. The Bertz CT molecular complexity index is 960. The summed E-state index contributed by atoms with van der Waals surface area (Å²) in [7, 11) is 0. The van der Waals surface area contributed by atoms with Crippen molar-refractivity contribution in [1.82, 2.24) is 9.97 Å². The van der Waals surface area contributed by atoms with Crippen LogP contribution in [0.3, 0.4) is 0 Å². The summed E-state index contributed by atoms with van der Waals surface area (Å²) in [5, 5.41) is 25.9. The van der Waals surface area contributed by atoms with Gasteiger partial charge in [-0.25, -0.2) is 9.97 Å². The zero-order chi connectivity index (χ0) is 19.7. The van der Waals surface area contributed by atoms with E-state index in [2.05, 4.69) is 57.0 Å². The summed E-state index contributed by atoms with van der Waals surface area (Å²) in [5.74, 6) is 1.13. The number of hydrogen-bond acceptors (Lipinski definition) is 6. The van der Waals surface area contributed by atoms with Gasteiger partial charge in [-0.15, -0.1) is 0 Å². The molecule has 28 heavy (non-hydrogen) atoms. The first-order valence-corrected chi connectivity index (χ1v) is 9.70. The number of nitriles is 1. The van der Waals surface area contributed by atoms with Crippen molar-refractivity contribution < 1.29 is 5.11 Å². The molecule has 1 aromatic heterocycles. The van der Waals surface area contributed by atoms with Crippen LogP contribution in [0.1, 0.15) is 43.5 Å². The maximum Gasteiger partial charge on any atom is 0.183 e. The molecule has 0 spiro atoms. The smallest absolute Gasteiger partial charge is 0.183 e. The van der Waals surface area contributed by atoms with Crippen LogP contribution >= 0.6 is 0 Å². The molecular weight excluding hydrogens is 350 g/mol. The maximum absolute atomic E-state index is 9.93. The average molecular weight is 375 g/mol. The number of fused-ring (bicyclic) bond motifs is 1. The topological polar surface area (TPSA) is 93.9 Å². The molecule has 0 unspecified atom stereocenters. The van der Waals surface area contributed by atoms with E-state index in [4.69, 9.17) is 0 Å². The molecule has 144 valence electrons. The van der Waals surface area contributed by atoms with Gasteiger partial charge in [-0.3, -0.25) is 0 Å². The molecule has 4 rings (SSSR count). The van der Waals surface area contributed by atoms with Crippen molar-refractivity contribution >= 4 is 17.7 Å². The molecule has 0 aliphatic heterocycles. The van der Waals surface area contributed by atoms with Crippen LogP contribution < -0.4 is 10.6 Å². The lowest BCUT2D eigenvalue weighted by Gasteiger charge is -2.49. The Balaban J connectivity index is 1.37. The van der Waals surface area contributed by atoms with Crippen molar-refractivity contribution in [2.24, 2.45) is 5.41 Å². The predicted octanol–water partition coefficient (Wildman–Crippen LogP) is 3.36. The van der Waals surface area contributed by atoms with Crippen LogP contribution in [0, 0.1) is 16.7 Å². The van der Waals surface area contributed by atoms with Gasteiger partial charge >= 0.3 is 0 Å². The summed E-state index contributed by atoms with van der Waals surface area (Å²) in [6.45, 7) is 4.77. The van der Waals surface area contributed by atoms with E-state index in [0.29, 0.717) is 18.1 Å². The number of rotatable bonds is 6. The number of anilines is 2. The standard InChI is InChI=1S/C22H25N5O/c1-22(2)18(11-19(22)28)26-21-17(12-23)25-13-20(27-21)24-8-7-14-9-15-5-3-4-6-16(15)10-14/h3-6,9,13,18-19,28H,7-8,10-11H2,1-2H3,(H2,24,26,27)/t18-,19+/m1/s1. The minimum absolute atomic E-state index is 0.0706. The molecule has 1 saturated carbocycles. The number of hydrogen-bond donors (Lipinski definition) is 3. The number of nitrogens with one attached hydrogen (secondary N) is 2. The zero-order valence-electron chi connectivity index (χ0n) is 16.2. The van der Waals surface area contributed by atoms with Gasteiger partial charge in [-0.1, -0.05) is 49.8 Å². The van der Waals surface area contributed by atoms with Crippen LogP contribution in [-0.2, 0) is 6.42 Å². The summed E-state index contributed by atoms with van der Waals surface area (Å²) >= 11 is 0. The van der Waals surface area contributed by atoms with E-state index < -0.39 is 0 Å². The van der Waals surface area contributed by atoms with Crippen LogP contribution in [0.4, 0.5) is 11.6 Å². The van der Waals surface area contributed by atoms with Gasteiger partial charge in [-0.2, -0.15) is 5.26 Å². The second-order valence-electron chi connectivity index (χ2n) is 8.19. The molecule has 1 heterocycles. The molecule has 0 radical (unpaired) electrons. The number of aromatic nitrogens is 2. The molecule has 1 aromatic carbocycles. The van der Waals surface area contributed by atoms with Crippen molar-refractivity contribution in [3.05, 3.63) is 52.9 Å². The first-order valence-electron chi connectivity index (χ1n) is 9.70. The molecule has 2 aliphatic rings. The average Bonchev–Trinajstić information content (AvgIpc) is 3.11. The Kier molecular flexibility index (Phi) is 4.78. The molecule has 2 aliphatic carbocycles. The second-order valence-corrected chi connectivity index (χ2v) is 8.19. The van der Waals surface area contributed by atoms with Crippen LogP contribution in [0.15, 0.2) is 36.0 Å². The molecule has 3 N–H and O–H groups in total. The lowest BCUT2D eigenvalue weighted by molar-refractivity contribution is -0.0511. The third-order valence-electron chi connectivity index (χ3n) is 5.99. The first kappa shape index (κ1) is 18.5. The molecule has 6 nitrogen and oxygen atoms in total. The number of aliphatic hydroxyl groups excluding tert-OH is 1. The molecule has 6 heteroatoms. The lowest BCUT2D eigenvalue weighted by Crippen LogP contribution is -2.57. The van der Waals surface area contributed by atoms with Gasteiger partial charge in [0.1, 0.15) is 11.9 Å². The maximum atomic E-state index is 9.93. The molecule has 2 aromatic rings. The Morgan fingerprint density at radius 3 is 2.86 bits per heavy atom. The highest BCUT2D eigenvalue weighted by Gasteiger charge is 2.47. The minimum atomic E-state index is -0.339. The lowest BCUT2D eigenvalue weighted by atomic mass is 9.64. The normalized spacial score (nSPS) is 21.9. The van der Waals surface area contributed by atoms with Crippen molar-refractivity contribution in [1.29, 1.82) is 5.26 Å². The van der Waals surface area contributed by atoms with E-state index in [-0.39, 0.29) is 23.3 Å². The van der Waals surface area contributed by atoms with Gasteiger partial charge < -0.3 is 15.7 Å². The van der Waals surface area contributed by atoms with Crippen LogP contribution in [0.5, 0.6) is 0 Å². The Morgan fingerprint density at radius 1 is 1.32 bits per heavy atom. The summed E-state index contributed by atoms with van der Waals surface area (Å²) in [5.41, 5.74) is 4.12. The largest absolute Gasteiger partial charge is 0.392 e. The van der Waals surface area contributed by atoms with Gasteiger partial charge in [0.25, 0.3) is 0 Å². The van der Waals surface area contributed by atoms with Gasteiger partial charge in [0.05, 0.1) is 12.3 Å². The fourth-order valence-corrected chi connectivity index (χ4v) is 3.83. The van der Waals surface area contributed by atoms with E-state index >= 15 is 0 Å². The Morgan fingerprint density at radius 2 is 2.14 bits per heavy atom. The van der Waals surface area contributed by atoms with Crippen LogP contribution in [-0.4, -0.2) is 33.8 Å². The first-order chi connectivity index (χ1) is 13.5.